The fourth-order valence-corrected chi connectivity index (χ4v) is 2.47. The molecule has 2 rings (SSSR count). The molecule has 2 aromatic rings. The van der Waals surface area contributed by atoms with Gasteiger partial charge in [-0.15, -0.1) is 0 Å². The third-order valence-corrected chi connectivity index (χ3v) is 3.54. The van der Waals surface area contributed by atoms with Gasteiger partial charge < -0.3 is 0 Å². The van der Waals surface area contributed by atoms with Crippen LogP contribution in [0, 0.1) is 0 Å². The van der Waals surface area contributed by atoms with E-state index in [1.54, 1.807) is 0 Å². The first-order chi connectivity index (χ1) is 8.76. The van der Waals surface area contributed by atoms with Crippen LogP contribution in [-0.4, -0.2) is 9.78 Å². The summed E-state index contributed by atoms with van der Waals surface area (Å²) in [5.41, 5.74) is 5.02. The second-order valence-electron chi connectivity index (χ2n) is 4.16. The van der Waals surface area contributed by atoms with Crippen molar-refractivity contribution in [2.45, 2.75) is 25.9 Å². The lowest BCUT2D eigenvalue weighted by Crippen LogP contribution is -2.28. The molecule has 0 bridgehead atoms. The SMILES string of the molecule is CCCn1cc(C(NN)c2ccccc2Br)cn1. The maximum Gasteiger partial charge on any atom is 0.0751 e. The Labute approximate surface area is 115 Å². The second-order valence-corrected chi connectivity index (χ2v) is 5.01. The van der Waals surface area contributed by atoms with Crippen molar-refractivity contribution in [3.05, 3.63) is 52.3 Å². The predicted octanol–water partition coefficient (Wildman–Crippen LogP) is 2.61. The number of nitrogens with two attached hydrogens (primary N) is 1. The normalized spacial score (nSPS) is 12.6. The smallest absolute Gasteiger partial charge is 0.0751 e. The highest BCUT2D eigenvalue weighted by atomic mass is 79.9. The molecule has 0 spiro atoms. The number of hydrogen-bond acceptors (Lipinski definition) is 3. The number of aryl methyl sites for hydroxylation is 1. The molecule has 5 heteroatoms. The zero-order valence-corrected chi connectivity index (χ0v) is 11.9. The quantitative estimate of drug-likeness (QED) is 0.659. The average Bonchev–Trinajstić information content (AvgIpc) is 2.82. The van der Waals surface area contributed by atoms with Gasteiger partial charge in [0.2, 0.25) is 0 Å². The molecule has 18 heavy (non-hydrogen) atoms. The Bertz CT molecular complexity index is 509. The average molecular weight is 309 g/mol. The molecule has 0 aliphatic carbocycles. The van der Waals surface area contributed by atoms with Gasteiger partial charge in [0.15, 0.2) is 0 Å². The van der Waals surface area contributed by atoms with E-state index < -0.39 is 0 Å². The lowest BCUT2D eigenvalue weighted by Gasteiger charge is -2.16. The number of nitrogens with one attached hydrogen (secondary N) is 1. The van der Waals surface area contributed by atoms with E-state index in [-0.39, 0.29) is 6.04 Å². The molecule has 0 aliphatic rings. The third kappa shape index (κ3) is 2.80. The number of hydrogen-bond donors (Lipinski definition) is 2. The zero-order chi connectivity index (χ0) is 13.0. The summed E-state index contributed by atoms with van der Waals surface area (Å²) in [6, 6.07) is 8.00. The van der Waals surface area contributed by atoms with E-state index in [2.05, 4.69) is 33.4 Å². The van der Waals surface area contributed by atoms with E-state index in [4.69, 9.17) is 5.84 Å². The van der Waals surface area contributed by atoms with Crippen LogP contribution in [-0.2, 0) is 6.54 Å². The predicted molar refractivity (Wildman–Crippen MR) is 75.8 cm³/mol. The van der Waals surface area contributed by atoms with Crippen molar-refractivity contribution in [3.63, 3.8) is 0 Å². The van der Waals surface area contributed by atoms with Gasteiger partial charge in [0.1, 0.15) is 0 Å². The second kappa shape index (κ2) is 6.13. The van der Waals surface area contributed by atoms with Gasteiger partial charge >= 0.3 is 0 Å². The summed E-state index contributed by atoms with van der Waals surface area (Å²) in [4.78, 5) is 0. The number of nitrogens with zero attached hydrogens (tertiary/aromatic N) is 2. The summed E-state index contributed by atoms with van der Waals surface area (Å²) < 4.78 is 2.98. The maximum atomic E-state index is 5.68. The van der Waals surface area contributed by atoms with Crippen LogP contribution in [0.5, 0.6) is 0 Å². The molecule has 1 aromatic carbocycles. The molecule has 1 heterocycles. The number of rotatable bonds is 5. The van der Waals surface area contributed by atoms with Crippen molar-refractivity contribution in [2.75, 3.05) is 0 Å². The van der Waals surface area contributed by atoms with Gasteiger partial charge in [-0.2, -0.15) is 5.10 Å². The van der Waals surface area contributed by atoms with E-state index in [0.29, 0.717) is 0 Å². The van der Waals surface area contributed by atoms with Crippen LogP contribution in [0.3, 0.4) is 0 Å². The van der Waals surface area contributed by atoms with Crippen LogP contribution in [0.1, 0.15) is 30.5 Å². The van der Waals surface area contributed by atoms with Crippen molar-refractivity contribution >= 4 is 15.9 Å². The minimum Gasteiger partial charge on any atom is -0.272 e. The van der Waals surface area contributed by atoms with Crippen LogP contribution >= 0.6 is 15.9 Å². The molecule has 0 fully saturated rings. The minimum atomic E-state index is -0.0498. The fourth-order valence-electron chi connectivity index (χ4n) is 1.95. The Morgan fingerprint density at radius 3 is 2.89 bits per heavy atom. The van der Waals surface area contributed by atoms with Crippen molar-refractivity contribution < 1.29 is 0 Å². The molecule has 0 saturated heterocycles. The summed E-state index contributed by atoms with van der Waals surface area (Å²) in [5, 5.41) is 4.34. The van der Waals surface area contributed by atoms with E-state index in [0.717, 1.165) is 28.6 Å². The van der Waals surface area contributed by atoms with Gasteiger partial charge in [-0.25, -0.2) is 5.43 Å². The molecule has 1 unspecified atom stereocenters. The van der Waals surface area contributed by atoms with Crippen molar-refractivity contribution in [3.8, 4) is 0 Å². The summed E-state index contributed by atoms with van der Waals surface area (Å²) >= 11 is 3.55. The summed E-state index contributed by atoms with van der Waals surface area (Å²) in [5.74, 6) is 5.68. The lowest BCUT2D eigenvalue weighted by atomic mass is 10.0. The topological polar surface area (TPSA) is 55.9 Å². The largest absolute Gasteiger partial charge is 0.272 e. The molecular formula is C13H17BrN4. The van der Waals surface area contributed by atoms with Gasteiger partial charge in [-0.05, 0) is 18.1 Å². The molecule has 0 saturated carbocycles. The van der Waals surface area contributed by atoms with Gasteiger partial charge in [-0.1, -0.05) is 41.1 Å². The Hall–Kier alpha value is -1.17. The lowest BCUT2D eigenvalue weighted by molar-refractivity contribution is 0.597. The first-order valence-corrected chi connectivity index (χ1v) is 6.78. The highest BCUT2D eigenvalue weighted by Crippen LogP contribution is 2.27. The van der Waals surface area contributed by atoms with Gasteiger partial charge in [0.05, 0.1) is 12.2 Å². The molecule has 3 N–H and O–H groups in total. The Morgan fingerprint density at radius 2 is 2.22 bits per heavy atom. The number of aromatic nitrogens is 2. The minimum absolute atomic E-state index is 0.0498. The molecule has 1 aromatic heterocycles. The van der Waals surface area contributed by atoms with Gasteiger partial charge in [0, 0.05) is 22.8 Å². The zero-order valence-electron chi connectivity index (χ0n) is 10.3. The van der Waals surface area contributed by atoms with E-state index in [1.165, 1.54) is 0 Å². The molecule has 0 amide bonds. The van der Waals surface area contributed by atoms with Gasteiger partial charge in [-0.3, -0.25) is 10.5 Å². The molecule has 0 aliphatic heterocycles. The van der Waals surface area contributed by atoms with Crippen LogP contribution in [0.25, 0.3) is 0 Å². The Balaban J connectivity index is 2.30. The maximum absolute atomic E-state index is 5.68. The van der Waals surface area contributed by atoms with E-state index in [9.17, 15) is 0 Å². The van der Waals surface area contributed by atoms with Crippen LogP contribution in [0.4, 0.5) is 0 Å². The summed E-state index contributed by atoms with van der Waals surface area (Å²) in [6.45, 7) is 3.06. The standard InChI is InChI=1S/C13H17BrN4/c1-2-7-18-9-10(8-16-18)13(17-15)11-5-3-4-6-12(11)14/h3-6,8-9,13,17H,2,7,15H2,1H3. The monoisotopic (exact) mass is 308 g/mol. The number of benzene rings is 1. The van der Waals surface area contributed by atoms with Crippen LogP contribution in [0.15, 0.2) is 41.1 Å². The molecule has 1 atom stereocenters. The van der Waals surface area contributed by atoms with Crippen LogP contribution in [0.2, 0.25) is 0 Å². The fraction of sp³-hybridized carbons (Fsp3) is 0.308. The third-order valence-electron chi connectivity index (χ3n) is 2.82. The highest BCUT2D eigenvalue weighted by molar-refractivity contribution is 9.10. The number of hydrazine groups is 1. The molecule has 0 radical (unpaired) electrons. The van der Waals surface area contributed by atoms with Crippen molar-refractivity contribution in [1.82, 2.24) is 15.2 Å². The highest BCUT2D eigenvalue weighted by Gasteiger charge is 2.16. The number of halogens is 1. The Morgan fingerprint density at radius 1 is 1.44 bits per heavy atom. The Kier molecular flexibility index (Phi) is 4.52. The van der Waals surface area contributed by atoms with Crippen LogP contribution < -0.4 is 11.3 Å². The van der Waals surface area contributed by atoms with Gasteiger partial charge in [0.25, 0.3) is 0 Å². The first-order valence-electron chi connectivity index (χ1n) is 5.99. The van der Waals surface area contributed by atoms with Crippen molar-refractivity contribution in [1.29, 1.82) is 0 Å². The first kappa shape index (κ1) is 13.3. The molecular weight excluding hydrogens is 292 g/mol. The van der Waals surface area contributed by atoms with E-state index in [1.807, 2.05) is 41.3 Å². The van der Waals surface area contributed by atoms with E-state index >= 15 is 0 Å². The van der Waals surface area contributed by atoms with Crippen molar-refractivity contribution in [2.24, 2.45) is 5.84 Å². The molecule has 96 valence electrons. The summed E-state index contributed by atoms with van der Waals surface area (Å²) in [6.07, 6.45) is 4.96. The molecule has 4 nitrogen and oxygen atoms in total. The summed E-state index contributed by atoms with van der Waals surface area (Å²) in [7, 11) is 0.